The van der Waals surface area contributed by atoms with E-state index >= 15 is 0 Å². The van der Waals surface area contributed by atoms with Crippen molar-refractivity contribution in [2.75, 3.05) is 26.2 Å². The minimum absolute atomic E-state index is 0.0660. The van der Waals surface area contributed by atoms with Crippen LogP contribution in [0.3, 0.4) is 0 Å². The standard InChI is InChI=1S/C29H36ClN3O3/c1-3-21(2)29(11-14-36-26-16-22(17-27(34)35)15-25(30)18-26)9-12-33(13-10-29)28-31-19-24(20-32-28)23-7-5-4-6-8-23/h4-8,15-16,18-19,21H,3,9-14,17,20H2,1-2H3,(H,31,32)(H,34,35)/t21-/m0/s1. The number of halogens is 1. The summed E-state index contributed by atoms with van der Waals surface area (Å²) >= 11 is 6.20. The lowest BCUT2D eigenvalue weighted by molar-refractivity contribution is -0.136. The molecule has 1 atom stereocenters. The molecule has 2 heterocycles. The quantitative estimate of drug-likeness (QED) is 0.442. The third-order valence-electron chi connectivity index (χ3n) is 7.79. The molecule has 192 valence electrons. The van der Waals surface area contributed by atoms with Crippen LogP contribution >= 0.6 is 11.6 Å². The molecule has 0 amide bonds. The summed E-state index contributed by atoms with van der Waals surface area (Å²) < 4.78 is 6.09. The number of ether oxygens (including phenoxy) is 1. The van der Waals surface area contributed by atoms with E-state index in [1.165, 1.54) is 11.1 Å². The van der Waals surface area contributed by atoms with Crippen molar-refractivity contribution in [3.8, 4) is 5.75 Å². The number of carboxylic acids is 1. The number of aliphatic carboxylic acids is 1. The Morgan fingerprint density at radius 3 is 2.61 bits per heavy atom. The minimum atomic E-state index is -0.880. The molecular formula is C29H36ClN3O3. The second-order valence-electron chi connectivity index (χ2n) is 9.94. The van der Waals surface area contributed by atoms with Crippen molar-refractivity contribution >= 4 is 29.1 Å². The molecule has 1 fully saturated rings. The van der Waals surface area contributed by atoms with E-state index in [1.807, 2.05) is 6.07 Å². The number of carbonyl (C=O) groups is 1. The van der Waals surface area contributed by atoms with Gasteiger partial charge in [-0.3, -0.25) is 4.79 Å². The van der Waals surface area contributed by atoms with Crippen molar-refractivity contribution in [1.29, 1.82) is 0 Å². The van der Waals surface area contributed by atoms with Crippen molar-refractivity contribution in [1.82, 2.24) is 10.2 Å². The summed E-state index contributed by atoms with van der Waals surface area (Å²) in [5.74, 6) is 1.30. The molecule has 6 nitrogen and oxygen atoms in total. The number of guanidine groups is 1. The molecule has 2 aliphatic heterocycles. The first-order valence-corrected chi connectivity index (χ1v) is 13.2. The Labute approximate surface area is 219 Å². The highest BCUT2D eigenvalue weighted by Crippen LogP contribution is 2.43. The van der Waals surface area contributed by atoms with Crippen molar-refractivity contribution in [3.63, 3.8) is 0 Å². The van der Waals surface area contributed by atoms with Crippen LogP contribution in [0.1, 0.15) is 50.7 Å². The summed E-state index contributed by atoms with van der Waals surface area (Å²) in [6.07, 6.45) is 6.27. The molecule has 0 radical (unpaired) electrons. The van der Waals surface area contributed by atoms with Gasteiger partial charge < -0.3 is 20.1 Å². The predicted octanol–water partition coefficient (Wildman–Crippen LogP) is 5.86. The van der Waals surface area contributed by atoms with Crippen molar-refractivity contribution in [2.45, 2.75) is 46.0 Å². The highest BCUT2D eigenvalue weighted by Gasteiger charge is 2.39. The second-order valence-corrected chi connectivity index (χ2v) is 10.4. The zero-order valence-electron chi connectivity index (χ0n) is 21.2. The van der Waals surface area contributed by atoms with Gasteiger partial charge in [0.1, 0.15) is 5.75 Å². The van der Waals surface area contributed by atoms with Crippen LogP contribution in [0, 0.1) is 11.3 Å². The zero-order chi connectivity index (χ0) is 25.5. The lowest BCUT2D eigenvalue weighted by Crippen LogP contribution is -2.50. The molecule has 36 heavy (non-hydrogen) atoms. The maximum absolute atomic E-state index is 11.1. The van der Waals surface area contributed by atoms with Gasteiger partial charge >= 0.3 is 5.97 Å². The lowest BCUT2D eigenvalue weighted by Gasteiger charge is -2.46. The van der Waals surface area contributed by atoms with Crippen LogP contribution < -0.4 is 10.1 Å². The van der Waals surface area contributed by atoms with Gasteiger partial charge in [0.15, 0.2) is 5.96 Å². The molecule has 2 N–H and O–H groups in total. The number of carboxylic acid groups (broad SMARTS) is 1. The van der Waals surface area contributed by atoms with Crippen LogP contribution in [0.2, 0.25) is 5.02 Å². The Morgan fingerprint density at radius 2 is 1.97 bits per heavy atom. The number of rotatable bonds is 9. The van der Waals surface area contributed by atoms with Gasteiger partial charge in [-0.05, 0) is 65.5 Å². The first-order valence-electron chi connectivity index (χ1n) is 12.8. The molecule has 0 unspecified atom stereocenters. The first kappa shape index (κ1) is 26.1. The summed E-state index contributed by atoms with van der Waals surface area (Å²) in [5.41, 5.74) is 3.26. The number of likely N-dealkylation sites (tertiary alicyclic amines) is 1. The molecule has 2 aromatic carbocycles. The van der Waals surface area contributed by atoms with E-state index in [2.05, 4.69) is 54.5 Å². The fourth-order valence-corrected chi connectivity index (χ4v) is 5.61. The normalized spacial score (nSPS) is 18.0. The fourth-order valence-electron chi connectivity index (χ4n) is 5.36. The van der Waals surface area contributed by atoms with Gasteiger partial charge in [0.05, 0.1) is 19.6 Å². The second kappa shape index (κ2) is 11.8. The summed E-state index contributed by atoms with van der Waals surface area (Å²) in [6.45, 7) is 7.81. The molecule has 2 aliphatic rings. The lowest BCUT2D eigenvalue weighted by atomic mass is 9.66. The van der Waals surface area contributed by atoms with Crippen LogP contribution in [0.5, 0.6) is 5.75 Å². The molecule has 0 aromatic heterocycles. The number of nitrogens with zero attached hydrogens (tertiary/aromatic N) is 2. The van der Waals surface area contributed by atoms with Crippen molar-refractivity contribution in [3.05, 3.63) is 70.9 Å². The summed E-state index contributed by atoms with van der Waals surface area (Å²) in [5, 5.41) is 13.0. The minimum Gasteiger partial charge on any atom is -0.494 e. The van der Waals surface area contributed by atoms with Crippen LogP contribution in [-0.4, -0.2) is 48.2 Å². The third kappa shape index (κ3) is 6.41. The first-order chi connectivity index (χ1) is 17.4. The Morgan fingerprint density at radius 1 is 1.22 bits per heavy atom. The van der Waals surface area contributed by atoms with E-state index in [1.54, 1.807) is 18.2 Å². The number of hydrogen-bond donors (Lipinski definition) is 2. The maximum Gasteiger partial charge on any atom is 0.307 e. The van der Waals surface area contributed by atoms with E-state index in [9.17, 15) is 4.79 Å². The van der Waals surface area contributed by atoms with E-state index in [4.69, 9.17) is 26.4 Å². The SMILES string of the molecule is CC[C@H](C)C1(CCOc2cc(Cl)cc(CC(=O)O)c2)CCN(C2=NCC(c3ccccc3)=CN2)CC1. The number of piperidine rings is 1. The van der Waals surface area contributed by atoms with Gasteiger partial charge in [0, 0.05) is 24.3 Å². The monoisotopic (exact) mass is 509 g/mol. The smallest absolute Gasteiger partial charge is 0.307 e. The Balaban J connectivity index is 1.34. The van der Waals surface area contributed by atoms with Crippen LogP contribution in [0.4, 0.5) is 0 Å². The Bertz CT molecular complexity index is 1110. The van der Waals surface area contributed by atoms with Crippen LogP contribution in [0.15, 0.2) is 59.7 Å². The summed E-state index contributed by atoms with van der Waals surface area (Å²) in [7, 11) is 0. The average Bonchev–Trinajstić information content (AvgIpc) is 2.88. The number of nitrogens with one attached hydrogen (secondary N) is 1. The molecule has 7 heteroatoms. The van der Waals surface area contributed by atoms with Gasteiger partial charge in [0.2, 0.25) is 0 Å². The van der Waals surface area contributed by atoms with Crippen molar-refractivity contribution in [2.24, 2.45) is 16.3 Å². The zero-order valence-corrected chi connectivity index (χ0v) is 21.9. The van der Waals surface area contributed by atoms with Gasteiger partial charge in [-0.2, -0.15) is 0 Å². The molecule has 1 saturated heterocycles. The van der Waals surface area contributed by atoms with E-state index in [-0.39, 0.29) is 11.8 Å². The fraction of sp³-hybridized carbons (Fsp3) is 0.448. The molecule has 2 aromatic rings. The van der Waals surface area contributed by atoms with E-state index in [0.29, 0.717) is 35.4 Å². The van der Waals surface area contributed by atoms with Gasteiger partial charge in [-0.25, -0.2) is 4.99 Å². The Kier molecular flexibility index (Phi) is 8.57. The van der Waals surface area contributed by atoms with Gasteiger partial charge in [0.25, 0.3) is 0 Å². The number of hydrogen-bond acceptors (Lipinski definition) is 5. The van der Waals surface area contributed by atoms with Gasteiger partial charge in [-0.15, -0.1) is 0 Å². The van der Waals surface area contributed by atoms with Crippen LogP contribution in [-0.2, 0) is 11.2 Å². The van der Waals surface area contributed by atoms with Crippen molar-refractivity contribution < 1.29 is 14.6 Å². The highest BCUT2D eigenvalue weighted by atomic mass is 35.5. The topological polar surface area (TPSA) is 74.2 Å². The summed E-state index contributed by atoms with van der Waals surface area (Å²) in [6, 6.07) is 15.6. The summed E-state index contributed by atoms with van der Waals surface area (Å²) in [4.78, 5) is 18.3. The number of aliphatic imine (C=N–C) groups is 1. The maximum atomic E-state index is 11.1. The molecule has 0 saturated carbocycles. The third-order valence-corrected chi connectivity index (χ3v) is 8.01. The Hall–Kier alpha value is -2.99. The van der Waals surface area contributed by atoms with E-state index in [0.717, 1.165) is 44.7 Å². The molecule has 0 bridgehead atoms. The molecular weight excluding hydrogens is 474 g/mol. The molecule has 0 spiro atoms. The largest absolute Gasteiger partial charge is 0.494 e. The van der Waals surface area contributed by atoms with Crippen LogP contribution in [0.25, 0.3) is 5.57 Å². The number of benzene rings is 2. The highest BCUT2D eigenvalue weighted by molar-refractivity contribution is 6.30. The molecule has 0 aliphatic carbocycles. The molecule has 4 rings (SSSR count). The average molecular weight is 510 g/mol. The van der Waals surface area contributed by atoms with E-state index < -0.39 is 5.97 Å². The van der Waals surface area contributed by atoms with Gasteiger partial charge in [-0.1, -0.05) is 62.2 Å². The predicted molar refractivity (Wildman–Crippen MR) is 145 cm³/mol.